The maximum absolute atomic E-state index is 13.6. The second-order valence-electron chi connectivity index (χ2n) is 8.43. The molecule has 3 atom stereocenters. The quantitative estimate of drug-likeness (QED) is 0.278. The first kappa shape index (κ1) is 23.4. The summed E-state index contributed by atoms with van der Waals surface area (Å²) in [7, 11) is 0. The molecule has 1 aromatic heterocycles. The van der Waals surface area contributed by atoms with Crippen LogP contribution in [-0.2, 0) is 19.1 Å². The van der Waals surface area contributed by atoms with Gasteiger partial charge in [-0.25, -0.2) is 4.79 Å². The molecule has 2 aromatic carbocycles. The number of fused-ring (bicyclic) bond motifs is 1. The molecule has 0 aliphatic carbocycles. The van der Waals surface area contributed by atoms with Gasteiger partial charge in [0.2, 0.25) is 5.91 Å². The van der Waals surface area contributed by atoms with Crippen LogP contribution < -0.4 is 4.90 Å². The van der Waals surface area contributed by atoms with Gasteiger partial charge in [-0.05, 0) is 34.2 Å². The normalized spacial score (nSPS) is 21.3. The lowest BCUT2D eigenvalue weighted by molar-refractivity contribution is -0.164. The van der Waals surface area contributed by atoms with Crippen LogP contribution >= 0.6 is 23.1 Å². The Morgan fingerprint density at radius 3 is 2.20 bits per heavy atom. The van der Waals surface area contributed by atoms with Crippen LogP contribution in [-0.4, -0.2) is 45.9 Å². The largest absolute Gasteiger partial charge is 0.451 e. The number of nitrogens with zero attached hydrogens (tertiary/aromatic N) is 2. The van der Waals surface area contributed by atoms with E-state index < -0.39 is 24.2 Å². The van der Waals surface area contributed by atoms with E-state index in [0.717, 1.165) is 11.1 Å². The van der Waals surface area contributed by atoms with Crippen molar-refractivity contribution in [3.05, 3.63) is 101 Å². The summed E-state index contributed by atoms with van der Waals surface area (Å²) in [6.07, 6.45) is -0.613. The first-order chi connectivity index (χ1) is 17.0. The van der Waals surface area contributed by atoms with Crippen molar-refractivity contribution < 1.29 is 19.1 Å². The number of rotatable bonds is 6. The van der Waals surface area contributed by atoms with E-state index in [9.17, 15) is 14.4 Å². The Labute approximate surface area is 212 Å². The van der Waals surface area contributed by atoms with Gasteiger partial charge < -0.3 is 9.64 Å². The van der Waals surface area contributed by atoms with Gasteiger partial charge in [0.1, 0.15) is 11.4 Å². The molecule has 3 heterocycles. The maximum atomic E-state index is 13.6. The third kappa shape index (κ3) is 4.28. The molecule has 178 valence electrons. The van der Waals surface area contributed by atoms with Crippen LogP contribution in [0.5, 0.6) is 0 Å². The number of ether oxygens (including phenoxy) is 1. The van der Waals surface area contributed by atoms with E-state index >= 15 is 0 Å². The minimum atomic E-state index is -0.892. The fraction of sp³-hybridized carbons (Fsp3) is 0.222. The second kappa shape index (κ2) is 9.71. The Bertz CT molecular complexity index is 1210. The molecule has 2 amide bonds. The number of esters is 1. The second-order valence-corrected chi connectivity index (χ2v) is 10.5. The zero-order valence-electron chi connectivity index (χ0n) is 19.1. The van der Waals surface area contributed by atoms with E-state index in [1.807, 2.05) is 78.2 Å². The van der Waals surface area contributed by atoms with Crippen LogP contribution in [0.3, 0.4) is 0 Å². The minimum Gasteiger partial charge on any atom is -0.451 e. The predicted molar refractivity (Wildman–Crippen MR) is 138 cm³/mol. The fourth-order valence-electron chi connectivity index (χ4n) is 4.56. The van der Waals surface area contributed by atoms with Crippen LogP contribution in [0, 0.1) is 0 Å². The van der Waals surface area contributed by atoms with E-state index in [0.29, 0.717) is 16.3 Å². The number of carbonyl (C=O) groups excluding carboxylic acids is 3. The Morgan fingerprint density at radius 2 is 1.66 bits per heavy atom. The molecule has 5 rings (SSSR count). The van der Waals surface area contributed by atoms with E-state index in [1.54, 1.807) is 0 Å². The summed E-state index contributed by atoms with van der Waals surface area (Å²) in [6.45, 7) is 5.54. The van der Waals surface area contributed by atoms with Gasteiger partial charge in [-0.3, -0.25) is 14.5 Å². The molecule has 35 heavy (non-hydrogen) atoms. The number of thioether (sulfide) groups is 1. The molecule has 8 heteroatoms. The molecular formula is C27H24N2O4S2. The van der Waals surface area contributed by atoms with E-state index in [-0.39, 0.29) is 17.2 Å². The van der Waals surface area contributed by atoms with Crippen molar-refractivity contribution in [1.82, 2.24) is 4.90 Å². The number of hydrogen-bond acceptors (Lipinski definition) is 6. The van der Waals surface area contributed by atoms with Gasteiger partial charge in [0, 0.05) is 12.7 Å². The minimum absolute atomic E-state index is 0.206. The standard InChI is InChI=1S/C27H24N2O4S2/c1-17-16-35-26-23(28(18(2)30)21-14-9-15-34-21)25(31)29(26)22(17)27(32)33-24(19-10-5-3-6-11-19)20-12-7-4-8-13-20/h3-15,22-24,26H,1,16H2,2H3/t22?,23?,26-/m1/s1. The Hall–Kier alpha value is -3.36. The predicted octanol–water partition coefficient (Wildman–Crippen LogP) is 4.64. The molecule has 2 aliphatic heterocycles. The van der Waals surface area contributed by atoms with Crippen molar-refractivity contribution in [2.75, 3.05) is 10.7 Å². The first-order valence-corrected chi connectivity index (χ1v) is 13.2. The van der Waals surface area contributed by atoms with Crippen LogP contribution in [0.2, 0.25) is 0 Å². The molecule has 2 saturated heterocycles. The number of hydrogen-bond donors (Lipinski definition) is 0. The van der Waals surface area contributed by atoms with Crippen LogP contribution in [0.1, 0.15) is 24.2 Å². The zero-order chi connectivity index (χ0) is 24.5. The van der Waals surface area contributed by atoms with Crippen molar-refractivity contribution in [2.45, 2.75) is 30.5 Å². The molecule has 0 spiro atoms. The summed E-state index contributed by atoms with van der Waals surface area (Å²) < 4.78 is 6.07. The third-order valence-electron chi connectivity index (χ3n) is 6.18. The highest BCUT2D eigenvalue weighted by Gasteiger charge is 2.59. The highest BCUT2D eigenvalue weighted by Crippen LogP contribution is 2.44. The fourth-order valence-corrected chi connectivity index (χ4v) is 6.72. The van der Waals surface area contributed by atoms with E-state index in [2.05, 4.69) is 6.58 Å². The number of benzene rings is 2. The summed E-state index contributed by atoms with van der Waals surface area (Å²) in [4.78, 5) is 42.5. The molecule has 3 aromatic rings. The van der Waals surface area contributed by atoms with Crippen LogP contribution in [0.25, 0.3) is 0 Å². The zero-order valence-corrected chi connectivity index (χ0v) is 20.7. The highest BCUT2D eigenvalue weighted by atomic mass is 32.2. The van der Waals surface area contributed by atoms with E-state index in [4.69, 9.17) is 4.74 Å². The third-order valence-corrected chi connectivity index (χ3v) is 8.41. The van der Waals surface area contributed by atoms with Gasteiger partial charge in [-0.15, -0.1) is 23.1 Å². The molecule has 0 saturated carbocycles. The number of carbonyl (C=O) groups is 3. The summed E-state index contributed by atoms with van der Waals surface area (Å²) in [5.74, 6) is -0.495. The van der Waals surface area contributed by atoms with Crippen molar-refractivity contribution in [1.29, 1.82) is 0 Å². The lowest BCUT2D eigenvalue weighted by Crippen LogP contribution is -2.75. The first-order valence-electron chi connectivity index (χ1n) is 11.2. The van der Waals surface area contributed by atoms with Gasteiger partial charge in [-0.1, -0.05) is 67.2 Å². The number of anilines is 1. The monoisotopic (exact) mass is 504 g/mol. The summed E-state index contributed by atoms with van der Waals surface area (Å²) in [5, 5.41) is 2.24. The molecule has 0 N–H and O–H groups in total. The van der Waals surface area contributed by atoms with Crippen molar-refractivity contribution in [3.8, 4) is 0 Å². The van der Waals surface area contributed by atoms with Gasteiger partial charge in [-0.2, -0.15) is 0 Å². The number of β-lactam (4-membered cyclic amide) rings is 1. The topological polar surface area (TPSA) is 66.9 Å². The van der Waals surface area contributed by atoms with Crippen molar-refractivity contribution in [2.24, 2.45) is 0 Å². The number of amides is 2. The van der Waals surface area contributed by atoms with Gasteiger partial charge >= 0.3 is 5.97 Å². The lowest BCUT2D eigenvalue weighted by atomic mass is 9.96. The van der Waals surface area contributed by atoms with Crippen LogP contribution in [0.15, 0.2) is 90.3 Å². The maximum Gasteiger partial charge on any atom is 0.334 e. The van der Waals surface area contributed by atoms with Crippen LogP contribution in [0.4, 0.5) is 5.00 Å². The van der Waals surface area contributed by atoms with Crippen molar-refractivity contribution in [3.63, 3.8) is 0 Å². The molecule has 2 fully saturated rings. The summed E-state index contributed by atoms with van der Waals surface area (Å²) >= 11 is 2.92. The van der Waals surface area contributed by atoms with Gasteiger partial charge in [0.05, 0.1) is 5.00 Å². The summed E-state index contributed by atoms with van der Waals surface area (Å²) in [6, 6.07) is 21.2. The Kier molecular flexibility index (Phi) is 6.49. The van der Waals surface area contributed by atoms with E-state index in [1.165, 1.54) is 39.8 Å². The smallest absolute Gasteiger partial charge is 0.334 e. The SMILES string of the molecule is C=C1CS[C@@H]2C(N(C(C)=O)c3cccs3)C(=O)N2C1C(=O)OC(c1ccccc1)c1ccccc1. The Balaban J connectivity index is 1.41. The average molecular weight is 505 g/mol. The molecule has 6 nitrogen and oxygen atoms in total. The van der Waals surface area contributed by atoms with Crippen molar-refractivity contribution >= 4 is 45.9 Å². The summed E-state index contributed by atoms with van der Waals surface area (Å²) in [5.41, 5.74) is 2.30. The lowest BCUT2D eigenvalue weighted by Gasteiger charge is -2.55. The van der Waals surface area contributed by atoms with Gasteiger partial charge in [0.15, 0.2) is 12.1 Å². The van der Waals surface area contributed by atoms with Gasteiger partial charge in [0.25, 0.3) is 5.91 Å². The molecule has 2 unspecified atom stereocenters. The molecular weight excluding hydrogens is 480 g/mol. The highest BCUT2D eigenvalue weighted by molar-refractivity contribution is 8.00. The molecule has 2 aliphatic rings. The number of thiophene rings is 1. The molecule has 0 bridgehead atoms. The molecule has 0 radical (unpaired) electrons. The average Bonchev–Trinajstić information content (AvgIpc) is 3.40. The Morgan fingerprint density at radius 1 is 1.03 bits per heavy atom.